The van der Waals surface area contributed by atoms with Gasteiger partial charge in [0.25, 0.3) is 0 Å². The number of halogens is 1. The van der Waals surface area contributed by atoms with Crippen molar-refractivity contribution in [3.8, 4) is 17.5 Å². The van der Waals surface area contributed by atoms with Crippen molar-refractivity contribution in [3.63, 3.8) is 0 Å². The summed E-state index contributed by atoms with van der Waals surface area (Å²) < 4.78 is 20.3. The van der Waals surface area contributed by atoms with Gasteiger partial charge in [-0.05, 0) is 61.4 Å². The maximum atomic E-state index is 14.9. The molecular weight excluding hydrogens is 575 g/mol. The first-order valence-electron chi connectivity index (χ1n) is 15.5. The molecule has 3 aliphatic rings. The predicted molar refractivity (Wildman–Crippen MR) is 170 cm³/mol. The van der Waals surface area contributed by atoms with Crippen LogP contribution in [0.15, 0.2) is 48.7 Å². The number of piperazine rings is 1. The van der Waals surface area contributed by atoms with Gasteiger partial charge in [-0.1, -0.05) is 0 Å². The van der Waals surface area contributed by atoms with Crippen LogP contribution in [-0.4, -0.2) is 108 Å². The maximum absolute atomic E-state index is 14.9. The molecule has 3 aromatic rings. The average Bonchev–Trinajstić information content (AvgIpc) is 3.02. The monoisotopic (exact) mass is 614 g/mol. The largest absolute Gasteiger partial charge is 0.396 e. The Labute approximate surface area is 262 Å². The number of rotatable bonds is 9. The van der Waals surface area contributed by atoms with E-state index in [1.54, 1.807) is 24.4 Å². The van der Waals surface area contributed by atoms with Crippen LogP contribution >= 0.6 is 0 Å². The number of anilines is 4. The Morgan fingerprint density at radius 3 is 2.64 bits per heavy atom. The van der Waals surface area contributed by atoms with Gasteiger partial charge in [-0.15, -0.1) is 0 Å². The van der Waals surface area contributed by atoms with Crippen LogP contribution < -0.4 is 15.5 Å². The molecule has 1 amide bonds. The van der Waals surface area contributed by atoms with Crippen molar-refractivity contribution < 1.29 is 19.0 Å². The maximum Gasteiger partial charge on any atom is 0.224 e. The number of ether oxygens (including phenoxy) is 1. The van der Waals surface area contributed by atoms with E-state index in [1.807, 2.05) is 6.07 Å². The van der Waals surface area contributed by atoms with E-state index in [9.17, 15) is 14.4 Å². The summed E-state index contributed by atoms with van der Waals surface area (Å²) in [4.78, 5) is 27.6. The fraction of sp³-hybridized carbons (Fsp3) is 0.455. The molecule has 0 spiro atoms. The molecule has 0 bridgehead atoms. The number of likely N-dealkylation sites (tertiary alicyclic amines) is 1. The number of aromatic nitrogens is 2. The van der Waals surface area contributed by atoms with Crippen molar-refractivity contribution in [2.75, 3.05) is 74.6 Å². The molecule has 11 nitrogen and oxygen atoms in total. The lowest BCUT2D eigenvalue weighted by molar-refractivity contribution is -0.134. The molecule has 6 rings (SSSR count). The van der Waals surface area contributed by atoms with Gasteiger partial charge in [0.2, 0.25) is 5.91 Å². The third-order valence-corrected chi connectivity index (χ3v) is 8.88. The normalized spacial score (nSPS) is 20.8. The van der Waals surface area contributed by atoms with Gasteiger partial charge in [0, 0.05) is 62.3 Å². The molecule has 45 heavy (non-hydrogen) atoms. The molecule has 236 valence electrons. The van der Waals surface area contributed by atoms with E-state index in [0.717, 1.165) is 45.1 Å². The number of hydrogen-bond donors (Lipinski definition) is 3. The number of aliphatic hydroxyl groups excluding tert-OH is 1. The highest BCUT2D eigenvalue weighted by Gasteiger charge is 2.32. The summed E-state index contributed by atoms with van der Waals surface area (Å²) in [5.74, 6) is 0.839. The SMILES string of the molecule is Cc1cc(Nc2ccnc(-c3ccc(N[C@H]4CCN(C(=O)CCO)C[C@H]4F)c(C#N)c3)n2)ccc1N1CCN(C2COC2)CC1. The van der Waals surface area contributed by atoms with E-state index in [0.29, 0.717) is 47.5 Å². The molecule has 3 N–H and O–H groups in total. The molecule has 12 heteroatoms. The molecule has 0 unspecified atom stereocenters. The van der Waals surface area contributed by atoms with Crippen molar-refractivity contribution in [3.05, 3.63) is 59.8 Å². The fourth-order valence-electron chi connectivity index (χ4n) is 6.21. The van der Waals surface area contributed by atoms with Gasteiger partial charge < -0.3 is 30.3 Å². The number of piperidine rings is 1. The average molecular weight is 615 g/mol. The van der Waals surface area contributed by atoms with Crippen molar-refractivity contribution in [1.82, 2.24) is 19.8 Å². The van der Waals surface area contributed by atoms with Gasteiger partial charge in [-0.3, -0.25) is 9.69 Å². The minimum atomic E-state index is -1.30. The quantitative estimate of drug-likeness (QED) is 0.330. The molecule has 0 saturated carbocycles. The number of hydrogen-bond acceptors (Lipinski definition) is 10. The van der Waals surface area contributed by atoms with Crippen molar-refractivity contribution in [1.29, 1.82) is 5.26 Å². The van der Waals surface area contributed by atoms with Crippen LogP contribution in [0.25, 0.3) is 11.4 Å². The number of nitriles is 1. The zero-order valence-electron chi connectivity index (χ0n) is 25.5. The number of benzene rings is 2. The molecule has 3 fully saturated rings. The van der Waals surface area contributed by atoms with Gasteiger partial charge in [0.1, 0.15) is 18.1 Å². The number of carbonyl (C=O) groups excluding carboxylic acids is 1. The second-order valence-corrected chi connectivity index (χ2v) is 11.8. The molecule has 2 aromatic carbocycles. The first-order valence-corrected chi connectivity index (χ1v) is 15.5. The van der Waals surface area contributed by atoms with Crippen LogP contribution in [-0.2, 0) is 9.53 Å². The number of aryl methyl sites for hydroxylation is 1. The summed E-state index contributed by atoms with van der Waals surface area (Å²) >= 11 is 0. The Bertz CT molecular complexity index is 1550. The summed E-state index contributed by atoms with van der Waals surface area (Å²) in [6.45, 7) is 8.02. The van der Waals surface area contributed by atoms with Crippen LogP contribution in [0.5, 0.6) is 0 Å². The number of carbonyl (C=O) groups is 1. The fourth-order valence-corrected chi connectivity index (χ4v) is 6.21. The Balaban J connectivity index is 1.09. The zero-order valence-corrected chi connectivity index (χ0v) is 25.5. The first-order chi connectivity index (χ1) is 21.9. The van der Waals surface area contributed by atoms with E-state index < -0.39 is 12.2 Å². The first kappa shape index (κ1) is 30.7. The van der Waals surface area contributed by atoms with Crippen LogP contribution in [0.3, 0.4) is 0 Å². The molecule has 4 heterocycles. The lowest BCUT2D eigenvalue weighted by Gasteiger charge is -2.43. The van der Waals surface area contributed by atoms with Crippen molar-refractivity contribution >= 4 is 28.8 Å². The predicted octanol–water partition coefficient (Wildman–Crippen LogP) is 3.32. The second kappa shape index (κ2) is 13.8. The molecule has 3 aliphatic heterocycles. The Hall–Kier alpha value is -4.31. The van der Waals surface area contributed by atoms with E-state index >= 15 is 0 Å². The van der Waals surface area contributed by atoms with Crippen LogP contribution in [0.4, 0.5) is 27.3 Å². The topological polar surface area (TPSA) is 130 Å². The number of aliphatic hydroxyl groups is 1. The van der Waals surface area contributed by atoms with Gasteiger partial charge in [-0.2, -0.15) is 5.26 Å². The number of alkyl halides is 1. The molecule has 2 atom stereocenters. The Kier molecular flexibility index (Phi) is 9.39. The highest BCUT2D eigenvalue weighted by Crippen LogP contribution is 2.29. The summed E-state index contributed by atoms with van der Waals surface area (Å²) in [6, 6.07) is 15.7. The Morgan fingerprint density at radius 1 is 1.13 bits per heavy atom. The Morgan fingerprint density at radius 2 is 1.96 bits per heavy atom. The smallest absolute Gasteiger partial charge is 0.224 e. The van der Waals surface area contributed by atoms with Crippen LogP contribution in [0.2, 0.25) is 0 Å². The van der Waals surface area contributed by atoms with E-state index in [2.05, 4.69) is 56.6 Å². The van der Waals surface area contributed by atoms with Gasteiger partial charge >= 0.3 is 0 Å². The molecule has 3 saturated heterocycles. The van der Waals surface area contributed by atoms with Gasteiger partial charge in [-0.25, -0.2) is 14.4 Å². The lowest BCUT2D eigenvalue weighted by atomic mass is 10.0. The molecule has 0 aliphatic carbocycles. The molecule has 0 radical (unpaired) electrons. The second-order valence-electron chi connectivity index (χ2n) is 11.8. The third kappa shape index (κ3) is 7.01. The van der Waals surface area contributed by atoms with Crippen molar-refractivity contribution in [2.24, 2.45) is 0 Å². The third-order valence-electron chi connectivity index (χ3n) is 8.88. The summed E-state index contributed by atoms with van der Waals surface area (Å²) in [6.07, 6.45) is 0.768. The van der Waals surface area contributed by atoms with Gasteiger partial charge in [0.05, 0.1) is 49.7 Å². The van der Waals surface area contributed by atoms with E-state index in [1.165, 1.54) is 16.2 Å². The number of nitrogens with zero attached hydrogens (tertiary/aromatic N) is 6. The molecule has 1 aromatic heterocycles. The molecular formula is C33H39FN8O3. The van der Waals surface area contributed by atoms with Gasteiger partial charge in [0.15, 0.2) is 5.82 Å². The number of amides is 1. The van der Waals surface area contributed by atoms with Crippen LogP contribution in [0.1, 0.15) is 24.0 Å². The highest BCUT2D eigenvalue weighted by molar-refractivity contribution is 5.76. The minimum Gasteiger partial charge on any atom is -0.396 e. The highest BCUT2D eigenvalue weighted by atomic mass is 19.1. The van der Waals surface area contributed by atoms with E-state index in [-0.39, 0.29) is 25.5 Å². The summed E-state index contributed by atoms with van der Waals surface area (Å²) in [5, 5.41) is 25.4. The minimum absolute atomic E-state index is 0.00926. The zero-order chi connectivity index (χ0) is 31.3. The summed E-state index contributed by atoms with van der Waals surface area (Å²) in [7, 11) is 0. The standard InChI is InChI=1S/C33H39FN8O3/c1-22-16-25(3-5-30(22)41-13-11-40(12-14-41)26-20-45-21-26)37-31-6-9-36-33(39-31)23-2-4-28(24(17-23)18-35)38-29-7-10-42(19-27(29)34)32(44)8-15-43/h2-6,9,16-17,26-27,29,38,43H,7-8,10-15,19-21H2,1H3,(H,36,37,39)/t27-,29+/m1/s1. The number of nitrogens with one attached hydrogen (secondary N) is 2. The van der Waals surface area contributed by atoms with Crippen molar-refractivity contribution in [2.45, 2.75) is 38.0 Å². The lowest BCUT2D eigenvalue weighted by Crippen LogP contribution is -2.56. The van der Waals surface area contributed by atoms with Crippen LogP contribution in [0, 0.1) is 18.3 Å². The van der Waals surface area contributed by atoms with E-state index in [4.69, 9.17) is 14.8 Å². The summed E-state index contributed by atoms with van der Waals surface area (Å²) in [5.41, 5.74) is 4.90.